The van der Waals surface area contributed by atoms with Crippen LogP contribution >= 0.6 is 11.3 Å². The predicted octanol–water partition coefficient (Wildman–Crippen LogP) is 3.15. The van der Waals surface area contributed by atoms with E-state index >= 15 is 0 Å². The standard InChI is InChI=1S/C18H25FN4OS/c1-4-14-12-22-17(25-14)8-9-21-18(20-3)23-11-13-6-7-16(24-5-2)15(19)10-13/h6-7,10,12H,4-5,8-9,11H2,1-3H3,(H2,20,21,23). The van der Waals surface area contributed by atoms with E-state index in [4.69, 9.17) is 4.74 Å². The van der Waals surface area contributed by atoms with E-state index in [1.165, 1.54) is 10.9 Å². The highest BCUT2D eigenvalue weighted by Crippen LogP contribution is 2.18. The van der Waals surface area contributed by atoms with Crippen LogP contribution in [0.4, 0.5) is 4.39 Å². The molecule has 0 atom stereocenters. The molecule has 2 aromatic rings. The summed E-state index contributed by atoms with van der Waals surface area (Å²) in [5.74, 6) is 0.616. The summed E-state index contributed by atoms with van der Waals surface area (Å²) in [6, 6.07) is 4.98. The van der Waals surface area contributed by atoms with Crippen LogP contribution in [-0.2, 0) is 19.4 Å². The molecule has 2 N–H and O–H groups in total. The topological polar surface area (TPSA) is 58.5 Å². The highest BCUT2D eigenvalue weighted by molar-refractivity contribution is 7.11. The van der Waals surface area contributed by atoms with Gasteiger partial charge in [-0.25, -0.2) is 9.37 Å². The van der Waals surface area contributed by atoms with Crippen LogP contribution in [0.1, 0.15) is 29.3 Å². The molecule has 1 heterocycles. The van der Waals surface area contributed by atoms with E-state index in [0.29, 0.717) is 19.1 Å². The highest BCUT2D eigenvalue weighted by atomic mass is 32.1. The van der Waals surface area contributed by atoms with E-state index in [-0.39, 0.29) is 11.6 Å². The maximum atomic E-state index is 13.9. The van der Waals surface area contributed by atoms with Gasteiger partial charge in [0.25, 0.3) is 0 Å². The molecule has 0 saturated heterocycles. The summed E-state index contributed by atoms with van der Waals surface area (Å²) >= 11 is 1.74. The van der Waals surface area contributed by atoms with Crippen LogP contribution in [0, 0.1) is 5.82 Å². The normalized spacial score (nSPS) is 11.4. The number of halogens is 1. The van der Waals surface area contributed by atoms with Gasteiger partial charge in [-0.3, -0.25) is 4.99 Å². The second-order valence-corrected chi connectivity index (χ2v) is 6.57. The average Bonchev–Trinajstić information content (AvgIpc) is 3.08. The first-order chi connectivity index (χ1) is 12.2. The van der Waals surface area contributed by atoms with Crippen molar-refractivity contribution in [2.75, 3.05) is 20.2 Å². The summed E-state index contributed by atoms with van der Waals surface area (Å²) in [6.07, 6.45) is 3.81. The molecule has 5 nitrogen and oxygen atoms in total. The minimum atomic E-state index is -0.348. The summed E-state index contributed by atoms with van der Waals surface area (Å²) in [5.41, 5.74) is 0.830. The number of nitrogens with zero attached hydrogens (tertiary/aromatic N) is 2. The number of guanidine groups is 1. The molecule has 136 valence electrons. The second kappa shape index (κ2) is 9.98. The van der Waals surface area contributed by atoms with Crippen LogP contribution in [-0.4, -0.2) is 31.1 Å². The molecular weight excluding hydrogens is 339 g/mol. The zero-order valence-corrected chi connectivity index (χ0v) is 15.8. The quantitative estimate of drug-likeness (QED) is 0.558. The average molecular weight is 364 g/mol. The van der Waals surface area contributed by atoms with E-state index in [9.17, 15) is 4.39 Å². The van der Waals surface area contributed by atoms with Crippen LogP contribution in [0.15, 0.2) is 29.4 Å². The lowest BCUT2D eigenvalue weighted by Crippen LogP contribution is -2.37. The van der Waals surface area contributed by atoms with Crippen LogP contribution in [0.2, 0.25) is 0 Å². The number of benzene rings is 1. The molecule has 1 aromatic heterocycles. The second-order valence-electron chi connectivity index (χ2n) is 5.37. The third kappa shape index (κ3) is 6.01. The molecule has 25 heavy (non-hydrogen) atoms. The molecule has 1 aromatic carbocycles. The van der Waals surface area contributed by atoms with Crippen LogP contribution < -0.4 is 15.4 Å². The molecular formula is C18H25FN4OS. The largest absolute Gasteiger partial charge is 0.491 e. The number of thiazole rings is 1. The Balaban J connectivity index is 1.79. The lowest BCUT2D eigenvalue weighted by Gasteiger charge is -2.12. The van der Waals surface area contributed by atoms with Gasteiger partial charge in [-0.15, -0.1) is 11.3 Å². The number of aliphatic imine (C=N–C) groups is 1. The fourth-order valence-electron chi connectivity index (χ4n) is 2.25. The van der Waals surface area contributed by atoms with Gasteiger partial charge in [0.15, 0.2) is 17.5 Å². The number of ether oxygens (including phenoxy) is 1. The number of rotatable bonds is 8. The molecule has 0 fully saturated rings. The van der Waals surface area contributed by atoms with Gasteiger partial charge in [-0.05, 0) is 31.0 Å². The van der Waals surface area contributed by atoms with Gasteiger partial charge in [0, 0.05) is 37.6 Å². The van der Waals surface area contributed by atoms with Crippen molar-refractivity contribution in [3.63, 3.8) is 0 Å². The Morgan fingerprint density at radius 2 is 2.16 bits per heavy atom. The molecule has 0 unspecified atom stereocenters. The Morgan fingerprint density at radius 1 is 1.32 bits per heavy atom. The first kappa shape index (κ1) is 19.2. The molecule has 0 bridgehead atoms. The van der Waals surface area contributed by atoms with Crippen LogP contribution in [0.5, 0.6) is 5.75 Å². The molecule has 7 heteroatoms. The Morgan fingerprint density at radius 3 is 2.80 bits per heavy atom. The molecule has 0 aliphatic heterocycles. The van der Waals surface area contributed by atoms with E-state index in [0.717, 1.165) is 30.0 Å². The van der Waals surface area contributed by atoms with Crippen molar-refractivity contribution in [3.8, 4) is 5.75 Å². The van der Waals surface area contributed by atoms with Crippen molar-refractivity contribution in [2.24, 2.45) is 4.99 Å². The summed E-state index contributed by atoms with van der Waals surface area (Å²) in [4.78, 5) is 9.89. The lowest BCUT2D eigenvalue weighted by atomic mass is 10.2. The number of aromatic nitrogens is 1. The molecule has 0 saturated carbocycles. The van der Waals surface area contributed by atoms with Crippen molar-refractivity contribution in [1.82, 2.24) is 15.6 Å². The fourth-order valence-corrected chi connectivity index (χ4v) is 3.11. The molecule has 0 amide bonds. The lowest BCUT2D eigenvalue weighted by molar-refractivity contribution is 0.321. The SMILES string of the molecule is CCOc1ccc(CNC(=NC)NCCc2ncc(CC)s2)cc1F. The van der Waals surface area contributed by atoms with Gasteiger partial charge in [0.1, 0.15) is 0 Å². The van der Waals surface area contributed by atoms with E-state index in [2.05, 4.69) is 27.5 Å². The van der Waals surface area contributed by atoms with E-state index in [1.807, 2.05) is 19.2 Å². The summed E-state index contributed by atoms with van der Waals surface area (Å²) in [7, 11) is 1.71. The van der Waals surface area contributed by atoms with Crippen LogP contribution in [0.3, 0.4) is 0 Å². The van der Waals surface area contributed by atoms with E-state index in [1.54, 1.807) is 24.5 Å². The summed E-state index contributed by atoms with van der Waals surface area (Å²) in [6.45, 7) is 5.64. The smallest absolute Gasteiger partial charge is 0.191 e. The minimum Gasteiger partial charge on any atom is -0.491 e. The fraction of sp³-hybridized carbons (Fsp3) is 0.444. The van der Waals surface area contributed by atoms with E-state index < -0.39 is 0 Å². The van der Waals surface area contributed by atoms with Crippen molar-refractivity contribution >= 4 is 17.3 Å². The van der Waals surface area contributed by atoms with Crippen molar-refractivity contribution < 1.29 is 9.13 Å². The maximum Gasteiger partial charge on any atom is 0.191 e. The molecule has 0 radical (unpaired) electrons. The summed E-state index contributed by atoms with van der Waals surface area (Å²) < 4.78 is 19.1. The molecule has 0 aliphatic rings. The zero-order chi connectivity index (χ0) is 18.1. The first-order valence-corrected chi connectivity index (χ1v) is 9.27. The molecule has 2 rings (SSSR count). The Kier molecular flexibility index (Phi) is 7.66. The summed E-state index contributed by atoms with van der Waals surface area (Å²) in [5, 5.41) is 7.55. The number of hydrogen-bond donors (Lipinski definition) is 2. The first-order valence-electron chi connectivity index (χ1n) is 8.45. The monoisotopic (exact) mass is 364 g/mol. The minimum absolute atomic E-state index is 0.281. The van der Waals surface area contributed by atoms with Crippen LogP contribution in [0.25, 0.3) is 0 Å². The van der Waals surface area contributed by atoms with Gasteiger partial charge in [-0.1, -0.05) is 13.0 Å². The zero-order valence-electron chi connectivity index (χ0n) is 14.9. The van der Waals surface area contributed by atoms with Gasteiger partial charge in [0.2, 0.25) is 0 Å². The highest BCUT2D eigenvalue weighted by Gasteiger charge is 2.06. The van der Waals surface area contributed by atoms with Gasteiger partial charge in [0.05, 0.1) is 11.6 Å². The molecule has 0 spiro atoms. The molecule has 0 aliphatic carbocycles. The number of aryl methyl sites for hydroxylation is 1. The van der Waals surface area contributed by atoms with Gasteiger partial charge >= 0.3 is 0 Å². The number of nitrogens with one attached hydrogen (secondary N) is 2. The predicted molar refractivity (Wildman–Crippen MR) is 101 cm³/mol. The maximum absolute atomic E-state index is 13.9. The van der Waals surface area contributed by atoms with Gasteiger partial charge in [-0.2, -0.15) is 0 Å². The third-order valence-corrected chi connectivity index (χ3v) is 4.76. The van der Waals surface area contributed by atoms with Crippen molar-refractivity contribution in [1.29, 1.82) is 0 Å². The number of hydrogen-bond acceptors (Lipinski definition) is 4. The Hall–Kier alpha value is -2.15. The van der Waals surface area contributed by atoms with Gasteiger partial charge < -0.3 is 15.4 Å². The van der Waals surface area contributed by atoms with Crippen molar-refractivity contribution in [3.05, 3.63) is 45.7 Å². The van der Waals surface area contributed by atoms with Crippen molar-refractivity contribution in [2.45, 2.75) is 33.2 Å². The Bertz CT molecular complexity index is 702. The Labute approximate surface area is 152 Å². The third-order valence-electron chi connectivity index (χ3n) is 3.56.